The van der Waals surface area contributed by atoms with Crippen LogP contribution in [0.4, 0.5) is 0 Å². The Balaban J connectivity index is 2.37. The fourth-order valence-corrected chi connectivity index (χ4v) is 2.89. The number of fused-ring (bicyclic) bond motifs is 1. The van der Waals surface area contributed by atoms with E-state index in [2.05, 4.69) is 6.07 Å². The summed E-state index contributed by atoms with van der Waals surface area (Å²) in [7, 11) is 0. The van der Waals surface area contributed by atoms with Crippen molar-refractivity contribution in [3.05, 3.63) is 29.8 Å². The van der Waals surface area contributed by atoms with Crippen molar-refractivity contribution in [3.63, 3.8) is 0 Å². The van der Waals surface area contributed by atoms with Gasteiger partial charge in [-0.3, -0.25) is 0 Å². The van der Waals surface area contributed by atoms with Crippen LogP contribution in [-0.4, -0.2) is 29.8 Å². The van der Waals surface area contributed by atoms with Gasteiger partial charge in [-0.15, -0.1) is 0 Å². The van der Waals surface area contributed by atoms with Gasteiger partial charge in [-0.05, 0) is 24.5 Å². The van der Waals surface area contributed by atoms with Crippen LogP contribution in [0.3, 0.4) is 0 Å². The molecule has 1 aliphatic rings. The molecule has 0 spiro atoms. The summed E-state index contributed by atoms with van der Waals surface area (Å²) < 4.78 is 5.57. The summed E-state index contributed by atoms with van der Waals surface area (Å²) >= 11 is 1.68. The summed E-state index contributed by atoms with van der Waals surface area (Å²) in [5.41, 5.74) is 0.0113. The quantitative estimate of drug-likeness (QED) is 0.906. The van der Waals surface area contributed by atoms with E-state index >= 15 is 0 Å². The Bertz CT molecular complexity index is 457. The summed E-state index contributed by atoms with van der Waals surface area (Å²) in [6, 6.07) is 9.87. The van der Waals surface area contributed by atoms with Crippen molar-refractivity contribution in [2.45, 2.75) is 24.4 Å². The minimum absolute atomic E-state index is 0.487. The molecule has 18 heavy (non-hydrogen) atoms. The highest BCUT2D eigenvalue weighted by atomic mass is 32.2. The van der Waals surface area contributed by atoms with E-state index in [-0.39, 0.29) is 0 Å². The summed E-state index contributed by atoms with van der Waals surface area (Å²) in [5.74, 6) is 1.58. The first kappa shape index (κ1) is 13.3. The van der Waals surface area contributed by atoms with Crippen molar-refractivity contribution < 1.29 is 9.84 Å². The number of rotatable bonds is 4. The van der Waals surface area contributed by atoms with Gasteiger partial charge in [0, 0.05) is 12.0 Å². The Labute approximate surface area is 112 Å². The van der Waals surface area contributed by atoms with Gasteiger partial charge in [-0.25, -0.2) is 0 Å². The van der Waals surface area contributed by atoms with Crippen LogP contribution < -0.4 is 4.74 Å². The van der Waals surface area contributed by atoms with Gasteiger partial charge in [0.1, 0.15) is 11.2 Å². The molecule has 0 amide bonds. The number of aliphatic hydroxyl groups excluding tert-OH is 1. The van der Waals surface area contributed by atoms with Gasteiger partial charge in [0.05, 0.1) is 18.8 Å². The molecule has 0 saturated heterocycles. The Morgan fingerprint density at radius 3 is 3.06 bits per heavy atom. The molecule has 2 atom stereocenters. The molecule has 0 aliphatic carbocycles. The Morgan fingerprint density at radius 2 is 2.33 bits per heavy atom. The second-order valence-corrected chi connectivity index (χ2v) is 5.46. The minimum Gasteiger partial charge on any atom is -0.493 e. The van der Waals surface area contributed by atoms with Crippen LogP contribution in [0.5, 0.6) is 5.75 Å². The number of benzene rings is 1. The zero-order chi connectivity index (χ0) is 13.0. The summed E-state index contributed by atoms with van der Waals surface area (Å²) in [5, 5.41) is 20.0. The average Bonchev–Trinajstić information content (AvgIpc) is 2.44. The van der Waals surface area contributed by atoms with E-state index in [4.69, 9.17) is 4.74 Å². The second kappa shape index (κ2) is 5.64. The normalized spacial score (nSPS) is 23.6. The lowest BCUT2D eigenvalue weighted by Gasteiger charge is -2.36. The molecule has 1 heterocycles. The molecule has 0 aromatic heterocycles. The lowest BCUT2D eigenvalue weighted by atomic mass is 9.72. The topological polar surface area (TPSA) is 53.2 Å². The minimum atomic E-state index is -0.815. The summed E-state index contributed by atoms with van der Waals surface area (Å²) in [4.78, 5) is 0. The molecule has 1 aliphatic heterocycles. The highest BCUT2D eigenvalue weighted by Gasteiger charge is 2.43. The van der Waals surface area contributed by atoms with Crippen LogP contribution in [0, 0.1) is 11.3 Å². The number of aliphatic hydroxyl groups is 1. The van der Waals surface area contributed by atoms with Crippen molar-refractivity contribution in [1.29, 1.82) is 5.26 Å². The third-order valence-electron chi connectivity index (χ3n) is 3.49. The third-order valence-corrected chi connectivity index (χ3v) is 4.13. The Morgan fingerprint density at radius 1 is 1.56 bits per heavy atom. The first-order chi connectivity index (χ1) is 8.74. The van der Waals surface area contributed by atoms with Crippen molar-refractivity contribution in [2.24, 2.45) is 0 Å². The maximum atomic E-state index is 10.4. The third kappa shape index (κ3) is 2.21. The van der Waals surface area contributed by atoms with Crippen LogP contribution in [0.2, 0.25) is 0 Å². The summed E-state index contributed by atoms with van der Waals surface area (Å²) in [6.07, 6.45) is 2.54. The lowest BCUT2D eigenvalue weighted by molar-refractivity contribution is 0.0787. The molecule has 4 heteroatoms. The van der Waals surface area contributed by atoms with Crippen LogP contribution in [0.25, 0.3) is 0 Å². The number of hydrogen-bond donors (Lipinski definition) is 1. The number of hydrogen-bond acceptors (Lipinski definition) is 4. The molecule has 0 saturated carbocycles. The predicted molar refractivity (Wildman–Crippen MR) is 72.9 cm³/mol. The average molecular weight is 263 g/mol. The highest BCUT2D eigenvalue weighted by molar-refractivity contribution is 7.98. The van der Waals surface area contributed by atoms with E-state index in [1.165, 1.54) is 0 Å². The molecule has 2 rings (SSSR count). The first-order valence-corrected chi connectivity index (χ1v) is 7.44. The molecule has 0 bridgehead atoms. The number of para-hydroxylation sites is 1. The van der Waals surface area contributed by atoms with Crippen molar-refractivity contribution >= 4 is 11.8 Å². The standard InChI is InChI=1S/C14H17NO2S/c1-18-9-6-13(16)14(10-15)7-8-17-12-5-3-2-4-11(12)14/h2-5,13,16H,6-9H2,1H3. The molecule has 3 nitrogen and oxygen atoms in total. The van der Waals surface area contributed by atoms with E-state index in [0.29, 0.717) is 19.4 Å². The monoisotopic (exact) mass is 263 g/mol. The fourth-order valence-electron chi connectivity index (χ4n) is 2.43. The van der Waals surface area contributed by atoms with E-state index in [1.807, 2.05) is 30.5 Å². The number of thioether (sulfide) groups is 1. The SMILES string of the molecule is CSCCC(O)C1(C#N)CCOc2ccccc21. The van der Waals surface area contributed by atoms with E-state index in [1.54, 1.807) is 11.8 Å². The molecule has 1 N–H and O–H groups in total. The Hall–Kier alpha value is -1.18. The van der Waals surface area contributed by atoms with Crippen LogP contribution in [0.15, 0.2) is 24.3 Å². The molecule has 96 valence electrons. The number of ether oxygens (including phenoxy) is 1. The van der Waals surface area contributed by atoms with Gasteiger partial charge < -0.3 is 9.84 Å². The van der Waals surface area contributed by atoms with E-state index in [0.717, 1.165) is 17.1 Å². The molecule has 1 aromatic rings. The maximum absolute atomic E-state index is 10.4. The molecular weight excluding hydrogens is 246 g/mol. The van der Waals surface area contributed by atoms with Crippen LogP contribution in [-0.2, 0) is 5.41 Å². The van der Waals surface area contributed by atoms with Gasteiger partial charge in [-0.1, -0.05) is 18.2 Å². The fraction of sp³-hybridized carbons (Fsp3) is 0.500. The highest BCUT2D eigenvalue weighted by Crippen LogP contribution is 2.41. The zero-order valence-electron chi connectivity index (χ0n) is 10.4. The smallest absolute Gasteiger partial charge is 0.124 e. The van der Waals surface area contributed by atoms with Crippen LogP contribution in [0.1, 0.15) is 18.4 Å². The molecule has 2 unspecified atom stereocenters. The van der Waals surface area contributed by atoms with Gasteiger partial charge in [0.15, 0.2) is 0 Å². The predicted octanol–water partition coefficient (Wildman–Crippen LogP) is 2.34. The molecule has 0 radical (unpaired) electrons. The maximum Gasteiger partial charge on any atom is 0.124 e. The van der Waals surface area contributed by atoms with E-state index < -0.39 is 11.5 Å². The Kier molecular flexibility index (Phi) is 4.15. The van der Waals surface area contributed by atoms with Crippen molar-refractivity contribution in [1.82, 2.24) is 0 Å². The molecule has 0 fully saturated rings. The zero-order valence-corrected chi connectivity index (χ0v) is 11.2. The number of nitrogens with zero attached hydrogens (tertiary/aromatic N) is 1. The molecule has 1 aromatic carbocycles. The van der Waals surface area contributed by atoms with Crippen LogP contribution >= 0.6 is 11.8 Å². The lowest BCUT2D eigenvalue weighted by Crippen LogP contribution is -2.42. The largest absolute Gasteiger partial charge is 0.493 e. The van der Waals surface area contributed by atoms with Gasteiger partial charge >= 0.3 is 0 Å². The molecular formula is C14H17NO2S. The van der Waals surface area contributed by atoms with Gasteiger partial charge in [0.25, 0.3) is 0 Å². The van der Waals surface area contributed by atoms with Crippen molar-refractivity contribution in [2.75, 3.05) is 18.6 Å². The second-order valence-electron chi connectivity index (χ2n) is 4.48. The van der Waals surface area contributed by atoms with Gasteiger partial charge in [-0.2, -0.15) is 17.0 Å². The van der Waals surface area contributed by atoms with E-state index in [9.17, 15) is 10.4 Å². The first-order valence-electron chi connectivity index (χ1n) is 6.05. The summed E-state index contributed by atoms with van der Waals surface area (Å²) in [6.45, 7) is 0.487. The van der Waals surface area contributed by atoms with Gasteiger partial charge in [0.2, 0.25) is 0 Å². The number of nitriles is 1. The van der Waals surface area contributed by atoms with Crippen molar-refractivity contribution in [3.8, 4) is 11.8 Å².